The van der Waals surface area contributed by atoms with E-state index in [2.05, 4.69) is 0 Å². The molecular formula is C24H20O4. The third kappa shape index (κ3) is 1.83. The molecule has 1 saturated carbocycles. The summed E-state index contributed by atoms with van der Waals surface area (Å²) >= 11 is 0. The van der Waals surface area contributed by atoms with Gasteiger partial charge in [-0.3, -0.25) is 14.4 Å². The number of allylic oxidation sites excluding steroid dienone is 2. The van der Waals surface area contributed by atoms with Crippen LogP contribution in [-0.4, -0.2) is 22.5 Å². The quantitative estimate of drug-likeness (QED) is 0.632. The number of hydrogen-bond acceptors (Lipinski definition) is 4. The maximum Gasteiger partial charge on any atom is 0.177 e. The van der Waals surface area contributed by atoms with E-state index in [9.17, 15) is 19.5 Å². The van der Waals surface area contributed by atoms with Gasteiger partial charge in [0.05, 0.1) is 11.0 Å². The highest BCUT2D eigenvalue weighted by atomic mass is 16.3. The summed E-state index contributed by atoms with van der Waals surface area (Å²) in [6.45, 7) is 3.87. The Balaban J connectivity index is 1.75. The molecule has 5 rings (SSSR count). The van der Waals surface area contributed by atoms with Crippen LogP contribution in [-0.2, 0) is 0 Å². The minimum atomic E-state index is -1.06. The van der Waals surface area contributed by atoms with Crippen molar-refractivity contribution < 1.29 is 19.5 Å². The van der Waals surface area contributed by atoms with Crippen LogP contribution in [0.25, 0.3) is 0 Å². The number of fused-ring (bicyclic) bond motifs is 6. The largest absolute Gasteiger partial charge is 0.507 e. The predicted molar refractivity (Wildman–Crippen MR) is 103 cm³/mol. The third-order valence-corrected chi connectivity index (χ3v) is 7.28. The first-order valence-electron chi connectivity index (χ1n) is 9.57. The number of phenols is 1. The normalized spacial score (nSPS) is 30.4. The second-order valence-corrected chi connectivity index (χ2v) is 8.21. The molecule has 0 aromatic heterocycles. The number of ketones is 3. The Morgan fingerprint density at radius 3 is 2.25 bits per heavy atom. The Labute approximate surface area is 162 Å². The van der Waals surface area contributed by atoms with Crippen molar-refractivity contribution in [1.82, 2.24) is 0 Å². The Kier molecular flexibility index (Phi) is 3.36. The van der Waals surface area contributed by atoms with Crippen LogP contribution in [0.5, 0.6) is 5.75 Å². The maximum atomic E-state index is 13.8. The number of carbonyl (C=O) groups is 3. The number of benzene rings is 2. The molecule has 4 unspecified atom stereocenters. The highest BCUT2D eigenvalue weighted by molar-refractivity contribution is 6.20. The molecular weight excluding hydrogens is 352 g/mol. The zero-order valence-corrected chi connectivity index (χ0v) is 15.7. The molecule has 2 aromatic rings. The molecule has 2 aromatic carbocycles. The number of phenolic OH excluding ortho intramolecular Hbond substituents is 1. The van der Waals surface area contributed by atoms with Crippen LogP contribution >= 0.6 is 0 Å². The number of rotatable bonds is 2. The fraction of sp³-hybridized carbons (Fsp3) is 0.292. The van der Waals surface area contributed by atoms with E-state index in [1.807, 2.05) is 13.8 Å². The number of para-hydroxylation sites is 1. The number of carbonyl (C=O) groups excluding carboxylic acids is 3. The van der Waals surface area contributed by atoms with Gasteiger partial charge in [0.25, 0.3) is 0 Å². The second-order valence-electron chi connectivity index (χ2n) is 8.21. The van der Waals surface area contributed by atoms with Crippen molar-refractivity contribution in [2.75, 3.05) is 0 Å². The molecule has 3 aliphatic rings. The zero-order chi connectivity index (χ0) is 19.8. The molecule has 140 valence electrons. The molecule has 1 fully saturated rings. The van der Waals surface area contributed by atoms with Crippen LogP contribution in [0, 0.1) is 23.2 Å². The van der Waals surface area contributed by atoms with Crippen molar-refractivity contribution >= 4 is 17.3 Å². The average Bonchev–Trinajstić information content (AvgIpc) is 3.19. The van der Waals surface area contributed by atoms with Crippen LogP contribution < -0.4 is 0 Å². The molecule has 0 saturated heterocycles. The minimum Gasteiger partial charge on any atom is -0.507 e. The molecule has 1 N–H and O–H groups in total. The van der Waals surface area contributed by atoms with Gasteiger partial charge in [0.15, 0.2) is 17.3 Å². The second kappa shape index (κ2) is 5.51. The first-order valence-corrected chi connectivity index (χ1v) is 9.57. The first-order chi connectivity index (χ1) is 13.4. The molecule has 2 bridgehead atoms. The van der Waals surface area contributed by atoms with Crippen molar-refractivity contribution in [3.8, 4) is 5.75 Å². The van der Waals surface area contributed by atoms with Gasteiger partial charge < -0.3 is 5.11 Å². The van der Waals surface area contributed by atoms with E-state index in [4.69, 9.17) is 0 Å². The van der Waals surface area contributed by atoms with Gasteiger partial charge in [-0.25, -0.2) is 0 Å². The van der Waals surface area contributed by atoms with Gasteiger partial charge in [0.1, 0.15) is 5.75 Å². The lowest BCUT2D eigenvalue weighted by molar-refractivity contribution is 0.0585. The van der Waals surface area contributed by atoms with Gasteiger partial charge in [-0.2, -0.15) is 0 Å². The molecule has 0 spiro atoms. The van der Waals surface area contributed by atoms with Gasteiger partial charge in [-0.15, -0.1) is 0 Å². The number of aromatic hydroxyl groups is 1. The molecule has 4 nitrogen and oxygen atoms in total. The zero-order valence-electron chi connectivity index (χ0n) is 15.7. The van der Waals surface area contributed by atoms with Crippen LogP contribution in [0.4, 0.5) is 0 Å². The topological polar surface area (TPSA) is 71.4 Å². The Hall–Kier alpha value is -3.01. The van der Waals surface area contributed by atoms with E-state index in [1.165, 1.54) is 6.07 Å². The number of Topliss-reactive ketones (excluding diaryl/α,β-unsaturated/α-hetero) is 3. The number of hydrogen-bond donors (Lipinski definition) is 1. The summed E-state index contributed by atoms with van der Waals surface area (Å²) in [4.78, 5) is 40.6. The van der Waals surface area contributed by atoms with E-state index in [0.29, 0.717) is 17.5 Å². The Morgan fingerprint density at radius 2 is 1.57 bits per heavy atom. The van der Waals surface area contributed by atoms with Gasteiger partial charge in [-0.05, 0) is 38.3 Å². The Morgan fingerprint density at radius 1 is 0.964 bits per heavy atom. The van der Waals surface area contributed by atoms with Crippen LogP contribution in [0.3, 0.4) is 0 Å². The van der Waals surface area contributed by atoms with Crippen molar-refractivity contribution in [1.29, 1.82) is 0 Å². The molecule has 0 amide bonds. The lowest BCUT2D eigenvalue weighted by Gasteiger charge is -2.41. The summed E-state index contributed by atoms with van der Waals surface area (Å²) in [5, 5.41) is 10.3. The van der Waals surface area contributed by atoms with Crippen molar-refractivity contribution in [2.45, 2.75) is 20.3 Å². The highest BCUT2D eigenvalue weighted by Crippen LogP contribution is 2.66. The molecule has 3 aliphatic carbocycles. The average molecular weight is 372 g/mol. The molecule has 0 heterocycles. The molecule has 28 heavy (non-hydrogen) atoms. The Bertz CT molecular complexity index is 1110. The minimum absolute atomic E-state index is 0.0380. The van der Waals surface area contributed by atoms with E-state index in [1.54, 1.807) is 42.5 Å². The third-order valence-electron chi connectivity index (χ3n) is 7.28. The van der Waals surface area contributed by atoms with Crippen LogP contribution in [0.1, 0.15) is 51.3 Å². The van der Waals surface area contributed by atoms with E-state index >= 15 is 0 Å². The monoisotopic (exact) mass is 372 g/mol. The summed E-state index contributed by atoms with van der Waals surface area (Å²) in [5.41, 5.74) is 1.96. The summed E-state index contributed by atoms with van der Waals surface area (Å²) in [5.74, 6) is -1.81. The summed E-state index contributed by atoms with van der Waals surface area (Å²) in [7, 11) is 0. The van der Waals surface area contributed by atoms with Crippen molar-refractivity contribution in [3.05, 3.63) is 76.4 Å². The lowest BCUT2D eigenvalue weighted by Crippen LogP contribution is -2.48. The molecule has 0 radical (unpaired) electrons. The summed E-state index contributed by atoms with van der Waals surface area (Å²) in [6.07, 6.45) is 0.457. The van der Waals surface area contributed by atoms with E-state index < -0.39 is 17.3 Å². The molecule has 4 heteroatoms. The molecule has 4 atom stereocenters. The highest BCUT2D eigenvalue weighted by Gasteiger charge is 2.68. The fourth-order valence-electron chi connectivity index (χ4n) is 5.87. The van der Waals surface area contributed by atoms with Gasteiger partial charge in [-0.1, -0.05) is 47.5 Å². The summed E-state index contributed by atoms with van der Waals surface area (Å²) < 4.78 is 0. The van der Waals surface area contributed by atoms with Crippen LogP contribution in [0.2, 0.25) is 0 Å². The summed E-state index contributed by atoms with van der Waals surface area (Å²) in [6, 6.07) is 13.4. The van der Waals surface area contributed by atoms with Gasteiger partial charge >= 0.3 is 0 Å². The molecule has 0 aliphatic heterocycles. The first kappa shape index (κ1) is 17.1. The van der Waals surface area contributed by atoms with Crippen molar-refractivity contribution in [2.24, 2.45) is 23.2 Å². The van der Waals surface area contributed by atoms with Gasteiger partial charge in [0, 0.05) is 23.0 Å². The van der Waals surface area contributed by atoms with Crippen molar-refractivity contribution in [3.63, 3.8) is 0 Å². The standard InChI is InChI=1S/C24H20O4/c1-12-13(2)24(23(28)16-9-5-6-10-18(16)25)11-17(12)19-20(24)22(27)15-8-4-3-7-14(15)21(19)26/h3-10,17,19-20,25H,11H2,1-2H3. The fourth-order valence-corrected chi connectivity index (χ4v) is 5.87. The van der Waals surface area contributed by atoms with Gasteiger partial charge in [0.2, 0.25) is 0 Å². The predicted octanol–water partition coefficient (Wildman–Crippen LogP) is 4.24. The van der Waals surface area contributed by atoms with E-state index in [0.717, 1.165) is 11.1 Å². The lowest BCUT2D eigenvalue weighted by atomic mass is 9.58. The SMILES string of the molecule is CC1=C(C)C2(C(=O)c3ccccc3O)CC1C1C(=O)c3ccccc3C(=O)C12. The maximum absolute atomic E-state index is 13.8. The van der Waals surface area contributed by atoms with Crippen LogP contribution in [0.15, 0.2) is 59.7 Å². The van der Waals surface area contributed by atoms with E-state index in [-0.39, 0.29) is 34.6 Å². The smallest absolute Gasteiger partial charge is 0.177 e.